The lowest BCUT2D eigenvalue weighted by atomic mass is 9.75. The number of imide groups is 1. The lowest BCUT2D eigenvalue weighted by Crippen LogP contribution is -2.51. The third kappa shape index (κ3) is 4.52. The average molecular weight is 494 g/mol. The van der Waals surface area contributed by atoms with Crippen molar-refractivity contribution in [2.24, 2.45) is 7.05 Å². The van der Waals surface area contributed by atoms with Crippen molar-refractivity contribution in [2.75, 3.05) is 33.3 Å². The number of aryl methyl sites for hydroxylation is 1. The fraction of sp³-hybridized carbons (Fsp3) is 0.556. The number of nitrogens with zero attached hydrogens (tertiary/aromatic N) is 5. The molecule has 0 bridgehead atoms. The SMILES string of the molecule is COc1ccc([C@@]2(CC(=O)N3CCN(Cc4nccn4C)CC3)CC(=O)N(C3CCCC3)C2=O)cc1. The molecule has 36 heavy (non-hydrogen) atoms. The molecule has 1 aromatic carbocycles. The number of carbonyl (C=O) groups is 3. The van der Waals surface area contributed by atoms with Crippen LogP contribution in [-0.4, -0.2) is 81.3 Å². The first-order valence-corrected chi connectivity index (χ1v) is 12.9. The molecule has 2 aromatic rings. The van der Waals surface area contributed by atoms with Crippen molar-refractivity contribution in [3.63, 3.8) is 0 Å². The van der Waals surface area contributed by atoms with Crippen molar-refractivity contribution in [3.05, 3.63) is 48.0 Å². The van der Waals surface area contributed by atoms with E-state index < -0.39 is 5.41 Å². The van der Waals surface area contributed by atoms with E-state index in [1.807, 2.05) is 34.8 Å². The summed E-state index contributed by atoms with van der Waals surface area (Å²) in [5.74, 6) is 1.22. The summed E-state index contributed by atoms with van der Waals surface area (Å²) in [4.78, 5) is 50.8. The second kappa shape index (κ2) is 10.0. The molecule has 1 atom stereocenters. The number of hydrogen-bond acceptors (Lipinski definition) is 6. The molecule has 9 heteroatoms. The molecule has 0 N–H and O–H groups in total. The number of amides is 3. The molecule has 3 aliphatic rings. The van der Waals surface area contributed by atoms with Crippen LogP contribution in [-0.2, 0) is 33.4 Å². The zero-order chi connectivity index (χ0) is 25.3. The van der Waals surface area contributed by atoms with E-state index in [1.54, 1.807) is 25.4 Å². The lowest BCUT2D eigenvalue weighted by Gasteiger charge is -2.36. The van der Waals surface area contributed by atoms with E-state index in [9.17, 15) is 14.4 Å². The van der Waals surface area contributed by atoms with Gasteiger partial charge in [0.05, 0.1) is 19.1 Å². The molecular formula is C27H35N5O4. The summed E-state index contributed by atoms with van der Waals surface area (Å²) in [6.07, 6.45) is 7.53. The Morgan fingerprint density at radius 2 is 1.78 bits per heavy atom. The Bertz CT molecular complexity index is 1120. The van der Waals surface area contributed by atoms with Crippen LogP contribution in [0.25, 0.3) is 0 Å². The van der Waals surface area contributed by atoms with Gasteiger partial charge in [-0.2, -0.15) is 0 Å². The van der Waals surface area contributed by atoms with E-state index in [0.29, 0.717) is 24.4 Å². The minimum Gasteiger partial charge on any atom is -0.497 e. The van der Waals surface area contributed by atoms with Crippen molar-refractivity contribution in [3.8, 4) is 5.75 Å². The molecule has 1 saturated carbocycles. The smallest absolute Gasteiger partial charge is 0.241 e. The number of methoxy groups -OCH3 is 1. The van der Waals surface area contributed by atoms with Crippen LogP contribution in [0.1, 0.15) is 49.9 Å². The van der Waals surface area contributed by atoms with Gasteiger partial charge in [0.1, 0.15) is 11.6 Å². The predicted molar refractivity (Wildman–Crippen MR) is 133 cm³/mol. The summed E-state index contributed by atoms with van der Waals surface area (Å²) >= 11 is 0. The number of carbonyl (C=O) groups excluding carboxylic acids is 3. The minimum absolute atomic E-state index is 0.00644. The van der Waals surface area contributed by atoms with Crippen LogP contribution in [0.2, 0.25) is 0 Å². The molecule has 3 fully saturated rings. The van der Waals surface area contributed by atoms with Crippen LogP contribution in [0.3, 0.4) is 0 Å². The monoisotopic (exact) mass is 493 g/mol. The minimum atomic E-state index is -1.16. The van der Waals surface area contributed by atoms with Crippen LogP contribution < -0.4 is 4.74 Å². The van der Waals surface area contributed by atoms with E-state index in [4.69, 9.17) is 4.74 Å². The Morgan fingerprint density at radius 1 is 1.08 bits per heavy atom. The molecule has 0 radical (unpaired) electrons. The summed E-state index contributed by atoms with van der Waals surface area (Å²) in [5, 5.41) is 0. The highest BCUT2D eigenvalue weighted by Gasteiger charge is 2.56. The van der Waals surface area contributed by atoms with Gasteiger partial charge < -0.3 is 14.2 Å². The standard InChI is InChI=1S/C27H35N5O4/c1-29-12-11-28-23(29)19-30-13-15-31(16-14-30)24(33)17-27(20-7-9-22(36-2)10-8-20)18-25(34)32(26(27)35)21-5-3-4-6-21/h7-12,21H,3-6,13-19H2,1-2H3/t27-/m1/s1. The van der Waals surface area contributed by atoms with Gasteiger partial charge >= 0.3 is 0 Å². The molecule has 0 spiro atoms. The van der Waals surface area contributed by atoms with Crippen molar-refractivity contribution in [1.82, 2.24) is 24.3 Å². The maximum atomic E-state index is 13.9. The third-order valence-electron chi connectivity index (χ3n) is 8.15. The number of aromatic nitrogens is 2. The Labute approximate surface area is 212 Å². The summed E-state index contributed by atoms with van der Waals surface area (Å²) in [6.45, 7) is 3.42. The number of likely N-dealkylation sites (tertiary alicyclic amines) is 1. The molecular weight excluding hydrogens is 458 g/mol. The lowest BCUT2D eigenvalue weighted by molar-refractivity contribution is -0.145. The molecule has 192 valence electrons. The van der Waals surface area contributed by atoms with E-state index in [1.165, 1.54) is 4.90 Å². The second-order valence-corrected chi connectivity index (χ2v) is 10.3. The fourth-order valence-corrected chi connectivity index (χ4v) is 5.94. The first kappa shape index (κ1) is 24.5. The normalized spacial score (nSPS) is 23.6. The number of imidazole rings is 1. The van der Waals surface area contributed by atoms with Gasteiger partial charge in [0.25, 0.3) is 0 Å². The van der Waals surface area contributed by atoms with Gasteiger partial charge in [-0.25, -0.2) is 4.98 Å². The molecule has 3 heterocycles. The van der Waals surface area contributed by atoms with E-state index in [0.717, 1.165) is 51.1 Å². The summed E-state index contributed by atoms with van der Waals surface area (Å²) in [5.41, 5.74) is -0.448. The number of benzene rings is 1. The number of piperazine rings is 1. The zero-order valence-electron chi connectivity index (χ0n) is 21.2. The molecule has 5 rings (SSSR count). The molecule has 2 aliphatic heterocycles. The Balaban J connectivity index is 1.33. The number of hydrogen-bond donors (Lipinski definition) is 0. The summed E-state index contributed by atoms with van der Waals surface area (Å²) in [7, 11) is 3.57. The van der Waals surface area contributed by atoms with Gasteiger partial charge in [0.2, 0.25) is 17.7 Å². The maximum absolute atomic E-state index is 13.9. The van der Waals surface area contributed by atoms with Gasteiger partial charge in [0.15, 0.2) is 0 Å². The molecule has 2 saturated heterocycles. The van der Waals surface area contributed by atoms with Gasteiger partial charge in [-0.3, -0.25) is 24.2 Å². The first-order chi connectivity index (χ1) is 17.4. The summed E-state index contributed by atoms with van der Waals surface area (Å²) < 4.78 is 7.31. The van der Waals surface area contributed by atoms with Gasteiger partial charge in [-0.15, -0.1) is 0 Å². The Hall–Kier alpha value is -3.20. The van der Waals surface area contributed by atoms with Crippen molar-refractivity contribution in [2.45, 2.75) is 56.5 Å². The van der Waals surface area contributed by atoms with E-state index in [2.05, 4.69) is 9.88 Å². The average Bonchev–Trinajstić information content (AvgIpc) is 3.61. The van der Waals surface area contributed by atoms with E-state index in [-0.39, 0.29) is 36.6 Å². The van der Waals surface area contributed by atoms with Crippen LogP contribution in [0, 0.1) is 0 Å². The Morgan fingerprint density at radius 3 is 2.39 bits per heavy atom. The molecule has 3 amide bonds. The van der Waals surface area contributed by atoms with Crippen LogP contribution in [0.4, 0.5) is 0 Å². The predicted octanol–water partition coefficient (Wildman–Crippen LogP) is 2.10. The first-order valence-electron chi connectivity index (χ1n) is 12.9. The molecule has 1 aromatic heterocycles. The quantitative estimate of drug-likeness (QED) is 0.549. The van der Waals surface area contributed by atoms with Crippen LogP contribution in [0.15, 0.2) is 36.7 Å². The van der Waals surface area contributed by atoms with Crippen molar-refractivity contribution < 1.29 is 19.1 Å². The highest BCUT2D eigenvalue weighted by Crippen LogP contribution is 2.43. The van der Waals surface area contributed by atoms with Gasteiger partial charge in [0, 0.05) is 64.5 Å². The molecule has 0 unspecified atom stereocenters. The largest absolute Gasteiger partial charge is 0.497 e. The zero-order valence-corrected chi connectivity index (χ0v) is 21.2. The van der Waals surface area contributed by atoms with E-state index >= 15 is 0 Å². The molecule has 9 nitrogen and oxygen atoms in total. The second-order valence-electron chi connectivity index (χ2n) is 10.3. The number of ether oxygens (including phenoxy) is 1. The van der Waals surface area contributed by atoms with Crippen LogP contribution in [0.5, 0.6) is 5.75 Å². The van der Waals surface area contributed by atoms with Crippen molar-refractivity contribution in [1.29, 1.82) is 0 Å². The third-order valence-corrected chi connectivity index (χ3v) is 8.15. The van der Waals surface area contributed by atoms with Crippen LogP contribution >= 0.6 is 0 Å². The topological polar surface area (TPSA) is 88.0 Å². The molecule has 1 aliphatic carbocycles. The van der Waals surface area contributed by atoms with Crippen molar-refractivity contribution >= 4 is 17.7 Å². The van der Waals surface area contributed by atoms with Gasteiger partial charge in [-0.1, -0.05) is 25.0 Å². The highest BCUT2D eigenvalue weighted by molar-refractivity contribution is 6.11. The number of rotatable bonds is 7. The highest BCUT2D eigenvalue weighted by atomic mass is 16.5. The maximum Gasteiger partial charge on any atom is 0.241 e. The Kier molecular flexibility index (Phi) is 6.83. The van der Waals surface area contributed by atoms with Gasteiger partial charge in [-0.05, 0) is 30.5 Å². The summed E-state index contributed by atoms with van der Waals surface area (Å²) in [6, 6.07) is 7.22. The fourth-order valence-electron chi connectivity index (χ4n) is 5.94.